The van der Waals surface area contributed by atoms with Crippen LogP contribution in [0.5, 0.6) is 0 Å². The maximum atomic E-state index is 5.68. The third-order valence-electron chi connectivity index (χ3n) is 3.58. The molecule has 2 aromatic heterocycles. The van der Waals surface area contributed by atoms with Gasteiger partial charge >= 0.3 is 0 Å². The fourth-order valence-corrected chi connectivity index (χ4v) is 2.59. The van der Waals surface area contributed by atoms with E-state index in [-0.39, 0.29) is 0 Å². The van der Waals surface area contributed by atoms with Gasteiger partial charge in [-0.1, -0.05) is 6.92 Å². The van der Waals surface area contributed by atoms with E-state index in [1.54, 1.807) is 0 Å². The average molecular weight is 275 g/mol. The third-order valence-corrected chi connectivity index (χ3v) is 3.58. The monoisotopic (exact) mass is 275 g/mol. The minimum atomic E-state index is 0.354. The topological polar surface area (TPSA) is 43.0 Å². The Morgan fingerprint density at radius 3 is 2.75 bits per heavy atom. The molecule has 0 aromatic carbocycles. The van der Waals surface area contributed by atoms with Crippen LogP contribution >= 0.6 is 0 Å². The highest BCUT2D eigenvalue weighted by Crippen LogP contribution is 2.25. The van der Waals surface area contributed by atoms with Gasteiger partial charge < -0.3 is 9.73 Å². The highest BCUT2D eigenvalue weighted by Gasteiger charge is 2.16. The summed E-state index contributed by atoms with van der Waals surface area (Å²) < 4.78 is 7.53. The molecule has 2 aromatic rings. The lowest BCUT2D eigenvalue weighted by Crippen LogP contribution is -2.23. The van der Waals surface area contributed by atoms with Gasteiger partial charge in [0.15, 0.2) is 0 Å². The molecule has 0 amide bonds. The van der Waals surface area contributed by atoms with Crippen LogP contribution in [0.2, 0.25) is 0 Å². The molecule has 0 aliphatic heterocycles. The number of aromatic nitrogens is 2. The second-order valence-corrected chi connectivity index (χ2v) is 5.44. The molecular formula is C16H25N3O. The molecule has 1 unspecified atom stereocenters. The van der Waals surface area contributed by atoms with Crippen molar-refractivity contribution in [3.63, 3.8) is 0 Å². The van der Waals surface area contributed by atoms with Crippen LogP contribution in [0.3, 0.4) is 0 Å². The van der Waals surface area contributed by atoms with Gasteiger partial charge in [0, 0.05) is 24.8 Å². The molecule has 2 rings (SSSR count). The Hall–Kier alpha value is -1.55. The summed E-state index contributed by atoms with van der Waals surface area (Å²) in [7, 11) is 1.96. The van der Waals surface area contributed by atoms with Crippen LogP contribution in [0.15, 0.2) is 22.9 Å². The largest absolute Gasteiger partial charge is 0.466 e. The Morgan fingerprint density at radius 2 is 2.20 bits per heavy atom. The maximum absolute atomic E-state index is 5.68. The lowest BCUT2D eigenvalue weighted by atomic mass is 10.00. The van der Waals surface area contributed by atoms with Crippen LogP contribution < -0.4 is 5.32 Å². The molecule has 0 aliphatic rings. The zero-order valence-corrected chi connectivity index (χ0v) is 12.9. The lowest BCUT2D eigenvalue weighted by Gasteiger charge is -2.17. The predicted octanol–water partition coefficient (Wildman–Crippen LogP) is 3.30. The number of furan rings is 1. The fourth-order valence-electron chi connectivity index (χ4n) is 2.59. The summed E-state index contributed by atoms with van der Waals surface area (Å²) in [6.07, 6.45) is 7.26. The van der Waals surface area contributed by atoms with Gasteiger partial charge in [0.1, 0.15) is 11.5 Å². The molecule has 110 valence electrons. The van der Waals surface area contributed by atoms with Crippen LogP contribution in [0.1, 0.15) is 48.5 Å². The molecule has 20 heavy (non-hydrogen) atoms. The van der Waals surface area contributed by atoms with Gasteiger partial charge in [-0.05, 0) is 51.3 Å². The zero-order chi connectivity index (χ0) is 14.5. The van der Waals surface area contributed by atoms with E-state index in [0.717, 1.165) is 37.3 Å². The Bertz CT molecular complexity index is 542. The number of rotatable bonds is 7. The summed E-state index contributed by atoms with van der Waals surface area (Å²) >= 11 is 0. The van der Waals surface area contributed by atoms with E-state index < -0.39 is 0 Å². The van der Waals surface area contributed by atoms with Crippen LogP contribution in [-0.2, 0) is 13.5 Å². The van der Waals surface area contributed by atoms with Crippen molar-refractivity contribution in [3.05, 3.63) is 41.1 Å². The molecule has 0 bridgehead atoms. The van der Waals surface area contributed by atoms with E-state index in [4.69, 9.17) is 4.42 Å². The van der Waals surface area contributed by atoms with Gasteiger partial charge in [0.25, 0.3) is 0 Å². The quantitative estimate of drug-likeness (QED) is 0.843. The third kappa shape index (κ3) is 3.73. The van der Waals surface area contributed by atoms with Gasteiger partial charge in [-0.25, -0.2) is 0 Å². The molecule has 0 spiro atoms. The SMILES string of the molecule is CCCNC(CCc1cnn(C)c1)c1cc(C)oc1C. The summed E-state index contributed by atoms with van der Waals surface area (Å²) in [5, 5.41) is 7.86. The first-order chi connectivity index (χ1) is 9.60. The van der Waals surface area contributed by atoms with E-state index in [1.165, 1.54) is 11.1 Å². The average Bonchev–Trinajstić information content (AvgIpc) is 2.96. The van der Waals surface area contributed by atoms with Crippen molar-refractivity contribution in [2.75, 3.05) is 6.54 Å². The second kappa shape index (κ2) is 6.75. The number of hydrogen-bond donors (Lipinski definition) is 1. The maximum Gasteiger partial charge on any atom is 0.105 e. The Labute approximate surface area is 121 Å². The normalized spacial score (nSPS) is 12.8. The standard InChI is InChI=1S/C16H25N3O/c1-5-8-17-16(15-9-12(2)20-13(15)3)7-6-14-10-18-19(4)11-14/h9-11,16-17H,5-8H2,1-4H3. The second-order valence-electron chi connectivity index (χ2n) is 5.44. The molecule has 4 nitrogen and oxygen atoms in total. The summed E-state index contributed by atoms with van der Waals surface area (Å²) in [4.78, 5) is 0. The van der Waals surface area contributed by atoms with Crippen molar-refractivity contribution in [2.24, 2.45) is 7.05 Å². The van der Waals surface area contributed by atoms with E-state index in [2.05, 4.69) is 29.6 Å². The molecule has 0 aliphatic carbocycles. The van der Waals surface area contributed by atoms with Gasteiger partial charge in [0.05, 0.1) is 6.20 Å². The number of aryl methyl sites for hydroxylation is 4. The van der Waals surface area contributed by atoms with Gasteiger partial charge in [0.2, 0.25) is 0 Å². The number of nitrogens with zero attached hydrogens (tertiary/aromatic N) is 2. The van der Waals surface area contributed by atoms with Crippen LogP contribution in [0, 0.1) is 13.8 Å². The van der Waals surface area contributed by atoms with Gasteiger partial charge in [-0.2, -0.15) is 5.10 Å². The summed E-state index contributed by atoms with van der Waals surface area (Å²) in [5.41, 5.74) is 2.58. The summed E-state index contributed by atoms with van der Waals surface area (Å²) in [5.74, 6) is 2.02. The fraction of sp³-hybridized carbons (Fsp3) is 0.562. The number of nitrogens with one attached hydrogen (secondary N) is 1. The van der Waals surface area contributed by atoms with Crippen molar-refractivity contribution in [1.29, 1.82) is 0 Å². The highest BCUT2D eigenvalue weighted by atomic mass is 16.3. The molecule has 0 saturated heterocycles. The van der Waals surface area contributed by atoms with E-state index in [9.17, 15) is 0 Å². The van der Waals surface area contributed by atoms with Crippen molar-refractivity contribution in [2.45, 2.75) is 46.1 Å². The summed E-state index contributed by atoms with van der Waals surface area (Å²) in [6, 6.07) is 2.51. The molecule has 0 saturated carbocycles. The molecule has 0 radical (unpaired) electrons. The Kier molecular flexibility index (Phi) is 5.01. The Morgan fingerprint density at radius 1 is 1.40 bits per heavy atom. The Balaban J connectivity index is 2.05. The van der Waals surface area contributed by atoms with Crippen molar-refractivity contribution in [3.8, 4) is 0 Å². The van der Waals surface area contributed by atoms with Crippen LogP contribution in [0.4, 0.5) is 0 Å². The highest BCUT2D eigenvalue weighted by molar-refractivity contribution is 5.24. The van der Waals surface area contributed by atoms with Crippen molar-refractivity contribution >= 4 is 0 Å². The first-order valence-electron chi connectivity index (χ1n) is 7.38. The molecule has 2 heterocycles. The number of hydrogen-bond acceptors (Lipinski definition) is 3. The minimum Gasteiger partial charge on any atom is -0.466 e. The molecule has 0 fully saturated rings. The van der Waals surface area contributed by atoms with Gasteiger partial charge in [-0.3, -0.25) is 4.68 Å². The van der Waals surface area contributed by atoms with E-state index in [0.29, 0.717) is 6.04 Å². The minimum absolute atomic E-state index is 0.354. The molecular weight excluding hydrogens is 250 g/mol. The van der Waals surface area contributed by atoms with Crippen molar-refractivity contribution < 1.29 is 4.42 Å². The van der Waals surface area contributed by atoms with Gasteiger partial charge in [-0.15, -0.1) is 0 Å². The first-order valence-corrected chi connectivity index (χ1v) is 7.38. The predicted molar refractivity (Wildman–Crippen MR) is 80.7 cm³/mol. The van der Waals surface area contributed by atoms with Crippen LogP contribution in [-0.4, -0.2) is 16.3 Å². The van der Waals surface area contributed by atoms with E-state index in [1.807, 2.05) is 31.8 Å². The van der Waals surface area contributed by atoms with E-state index >= 15 is 0 Å². The molecule has 1 N–H and O–H groups in total. The molecule has 1 atom stereocenters. The zero-order valence-electron chi connectivity index (χ0n) is 12.9. The van der Waals surface area contributed by atoms with Crippen LogP contribution in [0.25, 0.3) is 0 Å². The smallest absolute Gasteiger partial charge is 0.105 e. The first kappa shape index (κ1) is 14.9. The molecule has 4 heteroatoms. The summed E-state index contributed by atoms with van der Waals surface area (Å²) in [6.45, 7) is 7.28. The lowest BCUT2D eigenvalue weighted by molar-refractivity contribution is 0.468. The van der Waals surface area contributed by atoms with Crippen molar-refractivity contribution in [1.82, 2.24) is 15.1 Å².